The normalized spacial score (nSPS) is 25.9. The molecule has 1 aromatic rings. The maximum absolute atomic E-state index is 12.9. The first kappa shape index (κ1) is 41.1. The van der Waals surface area contributed by atoms with Crippen molar-refractivity contribution in [1.82, 2.24) is 10.6 Å². The van der Waals surface area contributed by atoms with Crippen molar-refractivity contribution in [3.8, 4) is 12.3 Å². The number of nitrogens with one attached hydrogen (secondary N) is 2. The molecular weight excluding hydrogens is 676 g/mol. The topological polar surface area (TPSA) is 202 Å². The number of benzene rings is 1. The van der Waals surface area contributed by atoms with Crippen LogP contribution < -0.4 is 10.6 Å². The minimum Gasteiger partial charge on any atom is -0.477 e. The molecule has 0 aromatic heterocycles. The summed E-state index contributed by atoms with van der Waals surface area (Å²) in [6, 6.07) is 7.27. The van der Waals surface area contributed by atoms with Crippen LogP contribution in [0.2, 0.25) is 0 Å². The number of alkyl halides is 1. The van der Waals surface area contributed by atoms with Crippen LogP contribution in [-0.4, -0.2) is 126 Å². The van der Waals surface area contributed by atoms with Crippen LogP contribution in [0.15, 0.2) is 54.1 Å². The van der Waals surface area contributed by atoms with Gasteiger partial charge in [-0.2, -0.15) is 0 Å². The van der Waals surface area contributed by atoms with Gasteiger partial charge in [0.2, 0.25) is 11.8 Å². The van der Waals surface area contributed by atoms with E-state index in [2.05, 4.69) is 16.6 Å². The molecule has 1 unspecified atom stereocenters. The summed E-state index contributed by atoms with van der Waals surface area (Å²) in [6.45, 7) is 2.45. The Labute approximate surface area is 296 Å². The van der Waals surface area contributed by atoms with Crippen molar-refractivity contribution in [1.29, 1.82) is 0 Å². The number of rotatable bonds is 21. The molecule has 1 aliphatic heterocycles. The molecule has 2 amide bonds. The van der Waals surface area contributed by atoms with Gasteiger partial charge < -0.3 is 54.7 Å². The second-order valence-corrected chi connectivity index (χ2v) is 13.0. The highest BCUT2D eigenvalue weighted by Gasteiger charge is 2.56. The summed E-state index contributed by atoms with van der Waals surface area (Å²) in [4.78, 5) is 37.5. The van der Waals surface area contributed by atoms with Crippen LogP contribution in [0.25, 0.3) is 0 Å². The van der Waals surface area contributed by atoms with Crippen molar-refractivity contribution in [3.05, 3.63) is 59.7 Å². The summed E-state index contributed by atoms with van der Waals surface area (Å²) in [6.07, 6.45) is 3.36. The molecule has 0 saturated carbocycles. The molecule has 3 rings (SSSR count). The van der Waals surface area contributed by atoms with Crippen molar-refractivity contribution in [2.45, 2.75) is 80.3 Å². The molecule has 6 N–H and O–H groups in total. The fraction of sp³-hybridized carbons (Fsp3) is 0.571. The van der Waals surface area contributed by atoms with E-state index < -0.39 is 71.9 Å². The summed E-state index contributed by atoms with van der Waals surface area (Å²) < 4.78 is 27.4. The molecule has 7 atom stereocenters. The molecule has 1 aromatic carbocycles. The molecule has 276 valence electrons. The first-order chi connectivity index (χ1) is 23.9. The van der Waals surface area contributed by atoms with Gasteiger partial charge in [-0.05, 0) is 24.5 Å². The average Bonchev–Trinajstić information content (AvgIpc) is 3.09. The van der Waals surface area contributed by atoms with Gasteiger partial charge >= 0.3 is 5.97 Å². The van der Waals surface area contributed by atoms with E-state index in [1.54, 1.807) is 42.5 Å². The number of carboxylic acid groups (broad SMARTS) is 1. The first-order valence-corrected chi connectivity index (χ1v) is 16.7. The number of allylic oxidation sites excluding steroid dienone is 3. The SMILES string of the molecule is C#CCOCCOCCOCCC(=O)N[C@H]1[C@H]([C@H](O)[C@H](O)CNC(=O)CC2=CCC(C)(Cl)C=C2)O[C@@](OCc2ccccc2)(C(=O)O)C[C@@H]1O. The smallest absolute Gasteiger partial charge is 0.364 e. The monoisotopic (exact) mass is 722 g/mol. The maximum atomic E-state index is 12.9. The number of halogens is 1. The summed E-state index contributed by atoms with van der Waals surface area (Å²) in [7, 11) is 0. The van der Waals surface area contributed by atoms with Gasteiger partial charge in [-0.3, -0.25) is 9.59 Å². The van der Waals surface area contributed by atoms with Gasteiger partial charge in [-0.25, -0.2) is 4.79 Å². The summed E-state index contributed by atoms with van der Waals surface area (Å²) >= 11 is 6.28. The Bertz CT molecular complexity index is 1350. The number of ether oxygens (including phenoxy) is 5. The predicted molar refractivity (Wildman–Crippen MR) is 181 cm³/mol. The molecule has 0 spiro atoms. The van der Waals surface area contributed by atoms with Gasteiger partial charge in [0.25, 0.3) is 5.79 Å². The van der Waals surface area contributed by atoms with Gasteiger partial charge in [-0.1, -0.05) is 54.5 Å². The molecule has 15 heteroatoms. The number of aliphatic hydroxyl groups is 3. The number of terminal acetylenes is 1. The van der Waals surface area contributed by atoms with E-state index in [0.29, 0.717) is 25.2 Å². The number of carboxylic acids is 1. The quantitative estimate of drug-likeness (QED) is 0.0593. The molecular formula is C35H47ClN2O12. The Kier molecular flexibility index (Phi) is 16.8. The largest absolute Gasteiger partial charge is 0.477 e. The molecule has 1 fully saturated rings. The van der Waals surface area contributed by atoms with Crippen LogP contribution in [-0.2, 0) is 44.7 Å². The van der Waals surface area contributed by atoms with Crippen LogP contribution in [0.1, 0.15) is 38.2 Å². The van der Waals surface area contributed by atoms with E-state index in [9.17, 15) is 34.8 Å². The summed E-state index contributed by atoms with van der Waals surface area (Å²) in [5.74, 6) is -2.74. The number of carbonyl (C=O) groups is 3. The van der Waals surface area contributed by atoms with E-state index in [-0.39, 0.29) is 45.9 Å². The highest BCUT2D eigenvalue weighted by Crippen LogP contribution is 2.34. The van der Waals surface area contributed by atoms with Crippen molar-refractivity contribution in [3.63, 3.8) is 0 Å². The van der Waals surface area contributed by atoms with Gasteiger partial charge in [0.15, 0.2) is 0 Å². The third-order valence-corrected chi connectivity index (χ3v) is 8.24. The average molecular weight is 723 g/mol. The Hall–Kier alpha value is -3.36. The zero-order chi connectivity index (χ0) is 36.6. The van der Waals surface area contributed by atoms with Gasteiger partial charge in [0.05, 0.1) is 69.2 Å². The number of aliphatic carboxylic acids is 1. The minimum atomic E-state index is -2.45. The molecule has 1 saturated heterocycles. The molecule has 14 nitrogen and oxygen atoms in total. The second kappa shape index (κ2) is 20.5. The zero-order valence-electron chi connectivity index (χ0n) is 28.0. The number of hydrogen-bond acceptors (Lipinski definition) is 11. The molecule has 50 heavy (non-hydrogen) atoms. The number of amides is 2. The Morgan fingerprint density at radius 2 is 1.76 bits per heavy atom. The van der Waals surface area contributed by atoms with Gasteiger partial charge in [0, 0.05) is 19.4 Å². The van der Waals surface area contributed by atoms with Crippen LogP contribution in [0.3, 0.4) is 0 Å². The Morgan fingerprint density at radius 1 is 1.08 bits per heavy atom. The molecule has 1 heterocycles. The highest BCUT2D eigenvalue weighted by molar-refractivity contribution is 6.25. The Balaban J connectivity index is 1.63. The van der Waals surface area contributed by atoms with Crippen molar-refractivity contribution in [2.24, 2.45) is 0 Å². The number of hydrogen-bond donors (Lipinski definition) is 6. The number of carbonyl (C=O) groups excluding carboxylic acids is 2. The second-order valence-electron chi connectivity index (χ2n) is 12.1. The minimum absolute atomic E-state index is 0.00577. The third kappa shape index (κ3) is 13.4. The number of aliphatic hydroxyl groups excluding tert-OH is 3. The lowest BCUT2D eigenvalue weighted by Crippen LogP contribution is -2.68. The fourth-order valence-corrected chi connectivity index (χ4v) is 5.31. The standard InChI is InChI=1S/C35H47ClN2O12/c1-3-14-46-16-18-48-19-17-47-15-11-28(41)38-30-26(39)21-35(33(44)45,49-23-25-7-5-4-6-8-25)50-32(30)31(43)27(40)22-37-29(42)20-24-9-12-34(2,36)13-10-24/h1,4-10,12,26-27,30-32,39-40,43H,11,13-23H2,2H3,(H,37,42)(H,38,41)(H,44,45)/t26-,27+,30+,31+,32+,34?,35+/m0/s1. The van der Waals surface area contributed by atoms with E-state index in [1.807, 2.05) is 13.0 Å². The fourth-order valence-electron chi connectivity index (χ4n) is 5.17. The molecule has 2 aliphatic rings. The van der Waals surface area contributed by atoms with E-state index >= 15 is 0 Å². The van der Waals surface area contributed by atoms with E-state index in [4.69, 9.17) is 41.7 Å². The van der Waals surface area contributed by atoms with E-state index in [1.165, 1.54) is 0 Å². The Morgan fingerprint density at radius 3 is 2.40 bits per heavy atom. The molecule has 0 radical (unpaired) electrons. The van der Waals surface area contributed by atoms with Crippen molar-refractivity contribution >= 4 is 29.4 Å². The lowest BCUT2D eigenvalue weighted by molar-refractivity contribution is -0.314. The van der Waals surface area contributed by atoms with Crippen LogP contribution in [0.5, 0.6) is 0 Å². The highest BCUT2D eigenvalue weighted by atomic mass is 35.5. The predicted octanol–water partition coefficient (Wildman–Crippen LogP) is 0.804. The zero-order valence-corrected chi connectivity index (χ0v) is 28.8. The summed E-state index contributed by atoms with van der Waals surface area (Å²) in [5, 5.41) is 48.7. The van der Waals surface area contributed by atoms with Crippen molar-refractivity contribution in [2.75, 3.05) is 46.2 Å². The lowest BCUT2D eigenvalue weighted by Gasteiger charge is -2.46. The molecule has 1 aliphatic carbocycles. The third-order valence-electron chi connectivity index (χ3n) is 7.96. The maximum Gasteiger partial charge on any atom is 0.364 e. The van der Waals surface area contributed by atoms with E-state index in [0.717, 1.165) is 5.57 Å². The van der Waals surface area contributed by atoms with Gasteiger partial charge in [0.1, 0.15) is 18.8 Å². The summed E-state index contributed by atoms with van der Waals surface area (Å²) in [5.41, 5.74) is 1.34. The van der Waals surface area contributed by atoms with Crippen LogP contribution >= 0.6 is 11.6 Å². The van der Waals surface area contributed by atoms with Crippen LogP contribution in [0.4, 0.5) is 0 Å². The lowest BCUT2D eigenvalue weighted by atomic mass is 9.88. The van der Waals surface area contributed by atoms with Crippen molar-refractivity contribution < 1.29 is 58.5 Å². The molecule has 0 bridgehead atoms. The first-order valence-electron chi connectivity index (χ1n) is 16.3. The van der Waals surface area contributed by atoms with Gasteiger partial charge in [-0.15, -0.1) is 18.0 Å². The van der Waals surface area contributed by atoms with Crippen LogP contribution in [0, 0.1) is 12.3 Å².